The first-order valence-electron chi connectivity index (χ1n) is 7.77. The van der Waals surface area contributed by atoms with E-state index in [-0.39, 0.29) is 7.24 Å². The first-order chi connectivity index (χ1) is 11.7. The van der Waals surface area contributed by atoms with E-state index in [1.54, 1.807) is 29.2 Å². The summed E-state index contributed by atoms with van der Waals surface area (Å²) < 4.78 is 21.2. The molecule has 0 radical (unpaired) electrons. The molecule has 0 spiro atoms. The molecule has 2 aromatic carbocycles. The molecular weight excluding hydrogens is 307 g/mol. The van der Waals surface area contributed by atoms with E-state index in [9.17, 15) is 4.39 Å². The van der Waals surface area contributed by atoms with Crippen molar-refractivity contribution in [2.75, 3.05) is 11.9 Å². The van der Waals surface area contributed by atoms with Crippen molar-refractivity contribution >= 4 is 5.95 Å². The van der Waals surface area contributed by atoms with Crippen LogP contribution in [-0.2, 0) is 17.0 Å². The average Bonchev–Trinajstić information content (AvgIpc) is 3.22. The number of nitrogens with zero attached hydrogens (tertiary/aromatic N) is 3. The molecule has 0 aliphatic carbocycles. The fourth-order valence-corrected chi connectivity index (χ4v) is 2.73. The molecule has 1 aliphatic rings. The Hall–Kier alpha value is -2.73. The molecule has 1 unspecified atom stereocenters. The van der Waals surface area contributed by atoms with Crippen LogP contribution in [0.25, 0.3) is 0 Å². The molecular formula is C18H19FN4O. The Kier molecular flexibility index (Phi) is 3.54. The highest BCUT2D eigenvalue weighted by Gasteiger charge is 2.49. The predicted molar refractivity (Wildman–Crippen MR) is 90.1 cm³/mol. The van der Waals surface area contributed by atoms with Gasteiger partial charge in [-0.25, -0.2) is 14.1 Å². The molecule has 3 aromatic rings. The molecule has 2 heterocycles. The van der Waals surface area contributed by atoms with E-state index in [2.05, 4.69) is 34.5 Å². The van der Waals surface area contributed by atoms with Gasteiger partial charge in [-0.1, -0.05) is 42.5 Å². The average molecular weight is 326 g/mol. The predicted octanol–water partition coefficient (Wildman–Crippen LogP) is 3.32. The van der Waals surface area contributed by atoms with Gasteiger partial charge in [-0.05, 0) is 24.1 Å². The summed E-state index contributed by atoms with van der Waals surface area (Å²) in [6.07, 6.45) is 1.66. The Morgan fingerprint density at radius 2 is 2.00 bits per heavy atom. The Morgan fingerprint density at radius 1 is 1.25 bits per heavy atom. The summed E-state index contributed by atoms with van der Waals surface area (Å²) in [4.78, 5) is 4.26. The van der Waals surface area contributed by atoms with Crippen molar-refractivity contribution in [2.45, 2.75) is 19.2 Å². The van der Waals surface area contributed by atoms with Crippen molar-refractivity contribution in [3.63, 3.8) is 0 Å². The fraction of sp³-hybridized carbons (Fsp3) is 0.222. The van der Waals surface area contributed by atoms with Crippen LogP contribution in [0.5, 0.6) is 0 Å². The van der Waals surface area contributed by atoms with Gasteiger partial charge in [0.05, 0.1) is 6.54 Å². The molecule has 6 heteroatoms. The van der Waals surface area contributed by atoms with Crippen molar-refractivity contribution in [1.82, 2.24) is 14.8 Å². The van der Waals surface area contributed by atoms with Crippen LogP contribution in [0, 0.1) is 12.7 Å². The number of epoxide rings is 1. The number of anilines is 1. The monoisotopic (exact) mass is 326 g/mol. The second-order valence-corrected chi connectivity index (χ2v) is 5.91. The number of hydrogen-bond acceptors (Lipinski definition) is 4. The van der Waals surface area contributed by atoms with Gasteiger partial charge in [0.1, 0.15) is 18.8 Å². The molecule has 1 fully saturated rings. The molecule has 4 rings (SSSR count). The Bertz CT molecular complexity index is 879. The first-order valence-corrected chi connectivity index (χ1v) is 7.77. The third-order valence-electron chi connectivity index (χ3n) is 4.19. The standard InChI is InChI=1S/C18H17FN4O.H2/c1-13-6-2-3-7-14(13)10-23-12-20-17(22-23)21-18(11-24-18)15-8-4-5-9-16(15)19;/h2-9,12H,10-11H2,1H3,(H,21,22);1H. The van der Waals surface area contributed by atoms with Crippen LogP contribution in [0.4, 0.5) is 10.3 Å². The van der Waals surface area contributed by atoms with Crippen LogP contribution in [0.1, 0.15) is 18.1 Å². The van der Waals surface area contributed by atoms with Crippen molar-refractivity contribution in [3.8, 4) is 0 Å². The van der Waals surface area contributed by atoms with E-state index in [4.69, 9.17) is 4.74 Å². The van der Waals surface area contributed by atoms with Gasteiger partial charge in [-0.2, -0.15) is 0 Å². The number of aromatic nitrogens is 3. The van der Waals surface area contributed by atoms with Gasteiger partial charge in [0.2, 0.25) is 5.95 Å². The summed E-state index contributed by atoms with van der Waals surface area (Å²) in [5.41, 5.74) is 2.00. The first kappa shape index (κ1) is 14.8. The number of aryl methyl sites for hydroxylation is 1. The van der Waals surface area contributed by atoms with Gasteiger partial charge in [-0.15, -0.1) is 5.10 Å². The fourth-order valence-electron chi connectivity index (χ4n) is 2.73. The SMILES string of the molecule is Cc1ccccc1Cn1cnc(NC2(c3ccccc3F)CO2)n1.[HH]. The zero-order valence-electron chi connectivity index (χ0n) is 13.2. The third kappa shape index (κ3) is 2.76. The lowest BCUT2D eigenvalue weighted by atomic mass is 10.1. The molecule has 0 amide bonds. The number of nitrogens with one attached hydrogen (secondary N) is 1. The van der Waals surface area contributed by atoms with Gasteiger partial charge in [0.15, 0.2) is 5.72 Å². The van der Waals surface area contributed by atoms with Gasteiger partial charge in [0.25, 0.3) is 0 Å². The van der Waals surface area contributed by atoms with E-state index >= 15 is 0 Å². The van der Waals surface area contributed by atoms with Crippen molar-refractivity contribution in [2.24, 2.45) is 0 Å². The van der Waals surface area contributed by atoms with Gasteiger partial charge >= 0.3 is 0 Å². The normalized spacial score (nSPS) is 19.2. The molecule has 1 aliphatic heterocycles. The third-order valence-corrected chi connectivity index (χ3v) is 4.19. The highest BCUT2D eigenvalue weighted by atomic mass is 19.1. The molecule has 1 aromatic heterocycles. The second kappa shape index (κ2) is 5.72. The highest BCUT2D eigenvalue weighted by Crippen LogP contribution is 2.39. The van der Waals surface area contributed by atoms with Crippen LogP contribution in [0.3, 0.4) is 0 Å². The molecule has 24 heavy (non-hydrogen) atoms. The minimum absolute atomic E-state index is 0. The Balaban J connectivity index is 0.00000182. The molecule has 1 atom stereocenters. The van der Waals surface area contributed by atoms with E-state index in [0.717, 1.165) is 0 Å². The van der Waals surface area contributed by atoms with E-state index in [1.807, 2.05) is 12.1 Å². The Labute approximate surface area is 140 Å². The number of hydrogen-bond donors (Lipinski definition) is 1. The zero-order chi connectivity index (χ0) is 16.6. The Morgan fingerprint density at radius 3 is 2.75 bits per heavy atom. The lowest BCUT2D eigenvalue weighted by molar-refractivity contribution is 0.328. The van der Waals surface area contributed by atoms with Crippen LogP contribution in [0.15, 0.2) is 54.9 Å². The van der Waals surface area contributed by atoms with Gasteiger partial charge in [-0.3, -0.25) is 0 Å². The second-order valence-electron chi connectivity index (χ2n) is 5.91. The number of halogens is 1. The quantitative estimate of drug-likeness (QED) is 0.731. The summed E-state index contributed by atoms with van der Waals surface area (Å²) >= 11 is 0. The number of rotatable bonds is 5. The maximum atomic E-state index is 14.0. The summed E-state index contributed by atoms with van der Waals surface area (Å²) in [7, 11) is 0. The van der Waals surface area contributed by atoms with Crippen LogP contribution >= 0.6 is 0 Å². The highest BCUT2D eigenvalue weighted by molar-refractivity contribution is 5.38. The van der Waals surface area contributed by atoms with Gasteiger partial charge < -0.3 is 10.1 Å². The van der Waals surface area contributed by atoms with Gasteiger partial charge in [0, 0.05) is 6.99 Å². The molecule has 0 bridgehead atoms. The van der Waals surface area contributed by atoms with Crippen LogP contribution < -0.4 is 5.32 Å². The number of ether oxygens (including phenoxy) is 1. The molecule has 0 saturated carbocycles. The van der Waals surface area contributed by atoms with Crippen LogP contribution in [0.2, 0.25) is 0 Å². The summed E-state index contributed by atoms with van der Waals surface area (Å²) in [6, 6.07) is 14.7. The van der Waals surface area contributed by atoms with E-state index < -0.39 is 5.72 Å². The smallest absolute Gasteiger partial charge is 0.244 e. The largest absolute Gasteiger partial charge is 0.344 e. The van der Waals surface area contributed by atoms with E-state index in [1.165, 1.54) is 17.2 Å². The summed E-state index contributed by atoms with van der Waals surface area (Å²) in [5, 5.41) is 7.52. The minimum atomic E-state index is -0.861. The topological polar surface area (TPSA) is 55.3 Å². The van der Waals surface area contributed by atoms with Crippen molar-refractivity contribution < 1.29 is 10.6 Å². The maximum absolute atomic E-state index is 14.0. The molecule has 1 N–H and O–H groups in total. The zero-order valence-corrected chi connectivity index (χ0v) is 13.2. The maximum Gasteiger partial charge on any atom is 0.244 e. The molecule has 1 saturated heterocycles. The summed E-state index contributed by atoms with van der Waals surface area (Å²) in [5.74, 6) is 0.117. The summed E-state index contributed by atoms with van der Waals surface area (Å²) in [6.45, 7) is 3.09. The lowest BCUT2D eigenvalue weighted by Gasteiger charge is -2.13. The lowest BCUT2D eigenvalue weighted by Crippen LogP contribution is -2.23. The van der Waals surface area contributed by atoms with Crippen molar-refractivity contribution in [3.05, 3.63) is 77.4 Å². The van der Waals surface area contributed by atoms with E-state index in [0.29, 0.717) is 24.7 Å². The van der Waals surface area contributed by atoms with Crippen molar-refractivity contribution in [1.29, 1.82) is 0 Å². The van der Waals surface area contributed by atoms with Crippen LogP contribution in [-0.4, -0.2) is 21.4 Å². The molecule has 5 nitrogen and oxygen atoms in total. The molecule has 124 valence electrons. The minimum Gasteiger partial charge on any atom is -0.344 e. The number of benzene rings is 2.